The Hall–Kier alpha value is -2.59. The summed E-state index contributed by atoms with van der Waals surface area (Å²) in [6, 6.07) is 18.2. The summed E-state index contributed by atoms with van der Waals surface area (Å²) in [6.45, 7) is 4.06. The SMILES string of the molecule is Cc1ccc(Oc2c(CC(C)N)c(-c3ccccc3)nn2C)cc1. The van der Waals surface area contributed by atoms with Crippen molar-refractivity contribution >= 4 is 0 Å². The molecule has 4 nitrogen and oxygen atoms in total. The van der Waals surface area contributed by atoms with Crippen molar-refractivity contribution in [3.05, 3.63) is 65.7 Å². The quantitative estimate of drug-likeness (QED) is 0.770. The zero-order valence-electron chi connectivity index (χ0n) is 14.4. The molecule has 0 radical (unpaired) electrons. The lowest BCUT2D eigenvalue weighted by Crippen LogP contribution is -2.18. The molecule has 1 aromatic heterocycles. The number of benzene rings is 2. The number of aromatic nitrogens is 2. The predicted octanol–water partition coefficient (Wildman–Crippen LogP) is 4.08. The monoisotopic (exact) mass is 321 g/mol. The van der Waals surface area contributed by atoms with E-state index in [0.717, 1.165) is 28.5 Å². The fourth-order valence-corrected chi connectivity index (χ4v) is 2.73. The van der Waals surface area contributed by atoms with Crippen LogP contribution in [0.25, 0.3) is 11.3 Å². The third-order valence-electron chi connectivity index (χ3n) is 3.90. The van der Waals surface area contributed by atoms with Crippen LogP contribution in [-0.2, 0) is 13.5 Å². The molecule has 2 aromatic carbocycles. The molecule has 0 saturated carbocycles. The molecule has 2 N–H and O–H groups in total. The van der Waals surface area contributed by atoms with E-state index in [0.29, 0.717) is 6.42 Å². The van der Waals surface area contributed by atoms with Gasteiger partial charge in [0, 0.05) is 24.2 Å². The van der Waals surface area contributed by atoms with E-state index in [1.165, 1.54) is 5.56 Å². The van der Waals surface area contributed by atoms with Crippen LogP contribution in [-0.4, -0.2) is 15.8 Å². The molecule has 0 aliphatic rings. The highest BCUT2D eigenvalue weighted by Gasteiger charge is 2.20. The molecule has 0 saturated heterocycles. The highest BCUT2D eigenvalue weighted by Crippen LogP contribution is 2.33. The second-order valence-corrected chi connectivity index (χ2v) is 6.22. The molecule has 1 heterocycles. The normalized spacial score (nSPS) is 12.2. The average molecular weight is 321 g/mol. The molecule has 3 rings (SSSR count). The molecule has 0 aliphatic heterocycles. The largest absolute Gasteiger partial charge is 0.439 e. The number of nitrogens with zero attached hydrogens (tertiary/aromatic N) is 2. The Balaban J connectivity index is 2.04. The van der Waals surface area contributed by atoms with E-state index in [1.807, 2.05) is 56.4 Å². The van der Waals surface area contributed by atoms with Gasteiger partial charge in [-0.2, -0.15) is 5.10 Å². The van der Waals surface area contributed by atoms with Crippen molar-refractivity contribution < 1.29 is 4.74 Å². The Morgan fingerprint density at radius 3 is 2.38 bits per heavy atom. The summed E-state index contributed by atoms with van der Waals surface area (Å²) < 4.78 is 7.93. The van der Waals surface area contributed by atoms with E-state index in [9.17, 15) is 0 Å². The Labute approximate surface area is 142 Å². The Morgan fingerprint density at radius 1 is 1.08 bits per heavy atom. The van der Waals surface area contributed by atoms with Gasteiger partial charge in [-0.1, -0.05) is 48.0 Å². The van der Waals surface area contributed by atoms with Crippen LogP contribution in [0.4, 0.5) is 0 Å². The third-order valence-corrected chi connectivity index (χ3v) is 3.90. The minimum atomic E-state index is 0.0250. The van der Waals surface area contributed by atoms with Crippen LogP contribution in [0.5, 0.6) is 11.6 Å². The van der Waals surface area contributed by atoms with Crippen molar-refractivity contribution in [1.82, 2.24) is 9.78 Å². The molecule has 3 aromatic rings. The zero-order valence-corrected chi connectivity index (χ0v) is 14.4. The van der Waals surface area contributed by atoms with E-state index in [2.05, 4.69) is 24.2 Å². The molecule has 0 aliphatic carbocycles. The number of aryl methyl sites for hydroxylation is 2. The molecule has 4 heteroatoms. The molecule has 24 heavy (non-hydrogen) atoms. The maximum Gasteiger partial charge on any atom is 0.221 e. The molecule has 124 valence electrons. The van der Waals surface area contributed by atoms with Crippen molar-refractivity contribution in [1.29, 1.82) is 0 Å². The van der Waals surface area contributed by atoms with Gasteiger partial charge in [0.2, 0.25) is 5.88 Å². The predicted molar refractivity (Wildman–Crippen MR) is 97.3 cm³/mol. The highest BCUT2D eigenvalue weighted by molar-refractivity contribution is 5.65. The summed E-state index contributed by atoms with van der Waals surface area (Å²) in [5, 5.41) is 4.68. The van der Waals surface area contributed by atoms with Gasteiger partial charge in [0.25, 0.3) is 0 Å². The van der Waals surface area contributed by atoms with Crippen molar-refractivity contribution in [3.8, 4) is 22.9 Å². The molecule has 0 amide bonds. The minimum absolute atomic E-state index is 0.0250. The lowest BCUT2D eigenvalue weighted by Gasteiger charge is -2.11. The second-order valence-electron chi connectivity index (χ2n) is 6.22. The first-order valence-electron chi connectivity index (χ1n) is 8.16. The van der Waals surface area contributed by atoms with Gasteiger partial charge in [0.05, 0.1) is 5.69 Å². The fourth-order valence-electron chi connectivity index (χ4n) is 2.73. The Kier molecular flexibility index (Phi) is 4.67. The smallest absolute Gasteiger partial charge is 0.221 e. The fraction of sp³-hybridized carbons (Fsp3) is 0.250. The molecule has 0 spiro atoms. The summed E-state index contributed by atoms with van der Waals surface area (Å²) >= 11 is 0. The minimum Gasteiger partial charge on any atom is -0.439 e. The molecule has 0 fully saturated rings. The second kappa shape index (κ2) is 6.89. The molecule has 1 unspecified atom stereocenters. The van der Waals surface area contributed by atoms with Gasteiger partial charge in [-0.25, -0.2) is 4.68 Å². The lowest BCUT2D eigenvalue weighted by atomic mass is 10.0. The highest BCUT2D eigenvalue weighted by atomic mass is 16.5. The number of rotatable bonds is 5. The molecule has 1 atom stereocenters. The molecular formula is C20H23N3O. The first kappa shape index (κ1) is 16.3. The van der Waals surface area contributed by atoms with Gasteiger partial charge in [-0.05, 0) is 32.4 Å². The number of hydrogen-bond donors (Lipinski definition) is 1. The van der Waals surface area contributed by atoms with Gasteiger partial charge in [0.1, 0.15) is 5.75 Å². The van der Waals surface area contributed by atoms with Gasteiger partial charge < -0.3 is 10.5 Å². The van der Waals surface area contributed by atoms with Crippen molar-refractivity contribution in [3.63, 3.8) is 0 Å². The van der Waals surface area contributed by atoms with Gasteiger partial charge >= 0.3 is 0 Å². The van der Waals surface area contributed by atoms with Crippen molar-refractivity contribution in [2.24, 2.45) is 12.8 Å². The van der Waals surface area contributed by atoms with Crippen LogP contribution in [0, 0.1) is 6.92 Å². The van der Waals surface area contributed by atoms with Crippen LogP contribution in [0.3, 0.4) is 0 Å². The van der Waals surface area contributed by atoms with E-state index < -0.39 is 0 Å². The zero-order chi connectivity index (χ0) is 17.1. The standard InChI is InChI=1S/C20H23N3O/c1-14-9-11-17(12-10-14)24-20-18(13-15(2)21)19(22-23(20)3)16-7-5-4-6-8-16/h4-12,15H,13,21H2,1-3H3. The van der Waals surface area contributed by atoms with E-state index in [1.54, 1.807) is 4.68 Å². The van der Waals surface area contributed by atoms with Gasteiger partial charge in [-0.15, -0.1) is 0 Å². The number of ether oxygens (including phenoxy) is 1. The summed E-state index contributed by atoms with van der Waals surface area (Å²) in [5.41, 5.74) is 10.3. The Morgan fingerprint density at radius 2 is 1.75 bits per heavy atom. The third kappa shape index (κ3) is 3.49. The van der Waals surface area contributed by atoms with Crippen LogP contribution in [0.2, 0.25) is 0 Å². The molecular weight excluding hydrogens is 298 g/mol. The summed E-state index contributed by atoms with van der Waals surface area (Å²) in [7, 11) is 1.90. The van der Waals surface area contributed by atoms with E-state index in [-0.39, 0.29) is 6.04 Å². The van der Waals surface area contributed by atoms with Crippen molar-refractivity contribution in [2.75, 3.05) is 0 Å². The number of hydrogen-bond acceptors (Lipinski definition) is 3. The lowest BCUT2D eigenvalue weighted by molar-refractivity contribution is 0.424. The van der Waals surface area contributed by atoms with E-state index in [4.69, 9.17) is 10.5 Å². The summed E-state index contributed by atoms with van der Waals surface area (Å²) in [5.74, 6) is 1.55. The number of nitrogens with two attached hydrogens (primary N) is 1. The summed E-state index contributed by atoms with van der Waals surface area (Å²) in [4.78, 5) is 0. The first-order chi connectivity index (χ1) is 11.5. The van der Waals surface area contributed by atoms with Crippen LogP contribution < -0.4 is 10.5 Å². The molecule has 0 bridgehead atoms. The van der Waals surface area contributed by atoms with Gasteiger partial charge in [0.15, 0.2) is 0 Å². The van der Waals surface area contributed by atoms with Gasteiger partial charge in [-0.3, -0.25) is 0 Å². The maximum absolute atomic E-state index is 6.14. The van der Waals surface area contributed by atoms with Crippen LogP contribution in [0.1, 0.15) is 18.1 Å². The Bertz CT molecular complexity index is 805. The first-order valence-corrected chi connectivity index (χ1v) is 8.16. The van der Waals surface area contributed by atoms with Crippen LogP contribution >= 0.6 is 0 Å². The van der Waals surface area contributed by atoms with Crippen molar-refractivity contribution in [2.45, 2.75) is 26.3 Å². The van der Waals surface area contributed by atoms with Crippen LogP contribution in [0.15, 0.2) is 54.6 Å². The average Bonchev–Trinajstić information content (AvgIpc) is 2.86. The maximum atomic E-state index is 6.14. The van der Waals surface area contributed by atoms with E-state index >= 15 is 0 Å². The summed E-state index contributed by atoms with van der Waals surface area (Å²) in [6.07, 6.45) is 0.708. The topological polar surface area (TPSA) is 53.1 Å².